The van der Waals surface area contributed by atoms with E-state index in [1.54, 1.807) is 36.5 Å². The van der Waals surface area contributed by atoms with Gasteiger partial charge in [-0.15, -0.1) is 0 Å². The van der Waals surface area contributed by atoms with Crippen molar-refractivity contribution in [2.45, 2.75) is 6.92 Å². The SMILES string of the molecule is Cc1nccc(-c2cccc(NC(=O)c3cccc[n+]3[O-])c2)n1. The fraction of sp³-hybridized carbons (Fsp3) is 0.0588. The second kappa shape index (κ2) is 6.23. The number of carbonyl (C=O) groups is 1. The number of aryl methyl sites for hydroxylation is 1. The summed E-state index contributed by atoms with van der Waals surface area (Å²) >= 11 is 0. The van der Waals surface area contributed by atoms with Gasteiger partial charge < -0.3 is 10.5 Å². The molecule has 1 amide bonds. The molecule has 0 aliphatic carbocycles. The lowest BCUT2D eigenvalue weighted by Gasteiger charge is -2.07. The van der Waals surface area contributed by atoms with Gasteiger partial charge in [0.25, 0.3) is 5.69 Å². The van der Waals surface area contributed by atoms with Crippen molar-refractivity contribution in [2.75, 3.05) is 5.32 Å². The zero-order chi connectivity index (χ0) is 16.2. The zero-order valence-corrected chi connectivity index (χ0v) is 12.4. The van der Waals surface area contributed by atoms with E-state index < -0.39 is 5.91 Å². The summed E-state index contributed by atoms with van der Waals surface area (Å²) in [5.41, 5.74) is 2.26. The van der Waals surface area contributed by atoms with E-state index in [1.165, 1.54) is 12.3 Å². The van der Waals surface area contributed by atoms with Gasteiger partial charge in [-0.3, -0.25) is 4.79 Å². The Morgan fingerprint density at radius 2 is 2.04 bits per heavy atom. The molecule has 114 valence electrons. The number of rotatable bonds is 3. The van der Waals surface area contributed by atoms with Crippen LogP contribution in [0, 0.1) is 12.1 Å². The lowest BCUT2D eigenvalue weighted by atomic mass is 10.1. The van der Waals surface area contributed by atoms with Crippen LogP contribution < -0.4 is 10.0 Å². The van der Waals surface area contributed by atoms with E-state index in [0.29, 0.717) is 16.2 Å². The van der Waals surface area contributed by atoms with Crippen molar-refractivity contribution >= 4 is 11.6 Å². The molecule has 0 bridgehead atoms. The fourth-order valence-corrected chi connectivity index (χ4v) is 2.17. The zero-order valence-electron chi connectivity index (χ0n) is 12.4. The molecular weight excluding hydrogens is 292 g/mol. The van der Waals surface area contributed by atoms with Crippen molar-refractivity contribution in [2.24, 2.45) is 0 Å². The highest BCUT2D eigenvalue weighted by molar-refractivity contribution is 6.02. The molecule has 0 fully saturated rings. The quantitative estimate of drug-likeness (QED) is 0.595. The van der Waals surface area contributed by atoms with Crippen LogP contribution in [0.3, 0.4) is 0 Å². The molecule has 6 heteroatoms. The Hall–Kier alpha value is -3.28. The molecule has 2 heterocycles. The Kier molecular flexibility index (Phi) is 3.97. The number of benzene rings is 1. The van der Waals surface area contributed by atoms with Crippen LogP contribution in [-0.2, 0) is 0 Å². The number of nitrogens with zero attached hydrogens (tertiary/aromatic N) is 3. The smallest absolute Gasteiger partial charge is 0.321 e. The first-order valence-corrected chi connectivity index (χ1v) is 7.03. The number of anilines is 1. The average Bonchev–Trinajstić information content (AvgIpc) is 2.55. The van der Waals surface area contributed by atoms with Crippen LogP contribution in [0.4, 0.5) is 5.69 Å². The summed E-state index contributed by atoms with van der Waals surface area (Å²) in [5, 5.41) is 14.3. The summed E-state index contributed by atoms with van der Waals surface area (Å²) in [4.78, 5) is 20.6. The van der Waals surface area contributed by atoms with E-state index in [2.05, 4.69) is 15.3 Å². The van der Waals surface area contributed by atoms with Gasteiger partial charge >= 0.3 is 5.91 Å². The Balaban J connectivity index is 1.86. The van der Waals surface area contributed by atoms with Crippen LogP contribution >= 0.6 is 0 Å². The summed E-state index contributed by atoms with van der Waals surface area (Å²) in [5.74, 6) is 0.213. The maximum atomic E-state index is 12.2. The van der Waals surface area contributed by atoms with Gasteiger partial charge in [0.15, 0.2) is 6.20 Å². The average molecular weight is 306 g/mol. The summed E-state index contributed by atoms with van der Waals surface area (Å²) < 4.78 is 0.535. The molecule has 0 spiro atoms. The molecule has 0 unspecified atom stereocenters. The highest BCUT2D eigenvalue weighted by Gasteiger charge is 2.15. The number of hydrogen-bond acceptors (Lipinski definition) is 4. The standard InChI is InChI=1S/C17H14N4O2/c1-12-18-9-8-15(19-12)13-5-4-6-14(11-13)20-17(22)16-7-2-3-10-21(16)23/h2-11H,1H3,(H,20,22). The second-order valence-corrected chi connectivity index (χ2v) is 4.94. The molecule has 0 saturated carbocycles. The minimum absolute atomic E-state index is 0.0378. The third-order valence-electron chi connectivity index (χ3n) is 3.25. The maximum Gasteiger partial charge on any atom is 0.321 e. The number of nitrogens with one attached hydrogen (secondary N) is 1. The summed E-state index contributed by atoms with van der Waals surface area (Å²) in [6.45, 7) is 1.82. The van der Waals surface area contributed by atoms with Crippen molar-refractivity contribution in [1.29, 1.82) is 0 Å². The minimum atomic E-state index is -0.461. The van der Waals surface area contributed by atoms with E-state index in [4.69, 9.17) is 0 Å². The Morgan fingerprint density at radius 3 is 2.83 bits per heavy atom. The summed E-state index contributed by atoms with van der Waals surface area (Å²) in [6, 6.07) is 13.8. The molecular formula is C17H14N4O2. The monoisotopic (exact) mass is 306 g/mol. The molecule has 3 aromatic rings. The van der Waals surface area contributed by atoms with Gasteiger partial charge in [-0.25, -0.2) is 9.97 Å². The predicted octanol–water partition coefficient (Wildman–Crippen LogP) is 2.34. The van der Waals surface area contributed by atoms with Gasteiger partial charge in [0.1, 0.15) is 5.82 Å². The van der Waals surface area contributed by atoms with Crippen molar-refractivity contribution in [3.63, 3.8) is 0 Å². The largest absolute Gasteiger partial charge is 0.618 e. The fourth-order valence-electron chi connectivity index (χ4n) is 2.17. The molecule has 0 aliphatic heterocycles. The first-order valence-electron chi connectivity index (χ1n) is 7.03. The van der Waals surface area contributed by atoms with E-state index >= 15 is 0 Å². The molecule has 0 atom stereocenters. The van der Waals surface area contributed by atoms with Crippen LogP contribution in [-0.4, -0.2) is 15.9 Å². The number of aromatic nitrogens is 3. The summed E-state index contributed by atoms with van der Waals surface area (Å²) in [7, 11) is 0. The lowest BCUT2D eigenvalue weighted by Crippen LogP contribution is -2.36. The molecule has 1 N–H and O–H groups in total. The van der Waals surface area contributed by atoms with Crippen LogP contribution in [0.5, 0.6) is 0 Å². The van der Waals surface area contributed by atoms with Crippen LogP contribution in [0.25, 0.3) is 11.3 Å². The highest BCUT2D eigenvalue weighted by atomic mass is 16.5. The van der Waals surface area contributed by atoms with Crippen LogP contribution in [0.15, 0.2) is 60.9 Å². The first kappa shape index (κ1) is 14.6. The third-order valence-corrected chi connectivity index (χ3v) is 3.25. The van der Waals surface area contributed by atoms with E-state index in [-0.39, 0.29) is 5.69 Å². The normalized spacial score (nSPS) is 10.3. The number of carbonyl (C=O) groups excluding carboxylic acids is 1. The van der Waals surface area contributed by atoms with Gasteiger partial charge in [0, 0.05) is 29.6 Å². The van der Waals surface area contributed by atoms with Crippen molar-refractivity contribution in [3.05, 3.63) is 77.7 Å². The van der Waals surface area contributed by atoms with Gasteiger partial charge in [-0.05, 0) is 31.2 Å². The van der Waals surface area contributed by atoms with Gasteiger partial charge in [-0.2, -0.15) is 4.73 Å². The van der Waals surface area contributed by atoms with E-state index in [1.807, 2.05) is 19.1 Å². The number of amides is 1. The number of hydrogen-bond donors (Lipinski definition) is 1. The topological polar surface area (TPSA) is 81.8 Å². The van der Waals surface area contributed by atoms with E-state index in [9.17, 15) is 10.0 Å². The maximum absolute atomic E-state index is 12.2. The molecule has 3 rings (SSSR count). The first-order chi connectivity index (χ1) is 11.1. The van der Waals surface area contributed by atoms with Crippen molar-refractivity contribution < 1.29 is 9.52 Å². The lowest BCUT2D eigenvalue weighted by molar-refractivity contribution is -0.607. The van der Waals surface area contributed by atoms with Crippen LogP contribution in [0.2, 0.25) is 0 Å². The Bertz CT molecular complexity index is 864. The Morgan fingerprint density at radius 1 is 1.17 bits per heavy atom. The molecule has 23 heavy (non-hydrogen) atoms. The predicted molar refractivity (Wildman–Crippen MR) is 85.6 cm³/mol. The molecule has 6 nitrogen and oxygen atoms in total. The highest BCUT2D eigenvalue weighted by Crippen LogP contribution is 2.20. The third kappa shape index (κ3) is 3.32. The second-order valence-electron chi connectivity index (χ2n) is 4.94. The molecule has 2 aromatic heterocycles. The van der Waals surface area contributed by atoms with Gasteiger partial charge in [-0.1, -0.05) is 12.1 Å². The molecule has 1 aromatic carbocycles. The van der Waals surface area contributed by atoms with Crippen LogP contribution in [0.1, 0.15) is 16.3 Å². The Labute approximate surface area is 133 Å². The van der Waals surface area contributed by atoms with Gasteiger partial charge in [0.05, 0.1) is 5.69 Å². The number of pyridine rings is 1. The van der Waals surface area contributed by atoms with Gasteiger partial charge in [0.2, 0.25) is 0 Å². The molecule has 0 aliphatic rings. The van der Waals surface area contributed by atoms with Crippen molar-refractivity contribution in [3.8, 4) is 11.3 Å². The summed E-state index contributed by atoms with van der Waals surface area (Å²) in [6.07, 6.45) is 2.97. The van der Waals surface area contributed by atoms with E-state index in [0.717, 1.165) is 11.3 Å². The minimum Gasteiger partial charge on any atom is -0.618 e. The molecule has 0 radical (unpaired) electrons. The van der Waals surface area contributed by atoms with Crippen molar-refractivity contribution in [1.82, 2.24) is 9.97 Å². The molecule has 0 saturated heterocycles.